The van der Waals surface area contributed by atoms with Gasteiger partial charge in [0.15, 0.2) is 5.16 Å². The van der Waals surface area contributed by atoms with Gasteiger partial charge >= 0.3 is 0 Å². The maximum absolute atomic E-state index is 13.5. The molecule has 2 atom stereocenters. The van der Waals surface area contributed by atoms with Crippen LogP contribution in [0.25, 0.3) is 20.3 Å². The summed E-state index contributed by atoms with van der Waals surface area (Å²) in [5, 5.41) is 4.27. The highest BCUT2D eigenvalue weighted by Gasteiger charge is 2.24. The van der Waals surface area contributed by atoms with Gasteiger partial charge in [-0.2, -0.15) is 0 Å². The molecule has 0 radical (unpaired) electrons. The summed E-state index contributed by atoms with van der Waals surface area (Å²) in [6.07, 6.45) is 3.59. The Balaban J connectivity index is 1.62. The van der Waals surface area contributed by atoms with Crippen molar-refractivity contribution in [2.75, 3.05) is 19.8 Å². The van der Waals surface area contributed by atoms with E-state index in [1.54, 1.807) is 4.57 Å². The fraction of sp³-hybridized carbons (Fsp3) is 0.560. The number of aromatic nitrogens is 2. The summed E-state index contributed by atoms with van der Waals surface area (Å²) in [5.41, 5.74) is 0.672. The molecule has 3 heterocycles. The van der Waals surface area contributed by atoms with Crippen molar-refractivity contribution in [3.8, 4) is 0 Å². The Morgan fingerprint density at radius 3 is 2.94 bits per heavy atom. The average molecular weight is 504 g/mol. The number of nitrogens with zero attached hydrogens (tertiary/aromatic N) is 2. The van der Waals surface area contributed by atoms with E-state index in [1.165, 1.54) is 23.1 Å². The highest BCUT2D eigenvalue weighted by Crippen LogP contribution is 2.33. The molecule has 1 aromatic carbocycles. The number of amides is 1. The van der Waals surface area contributed by atoms with Gasteiger partial charge in [0, 0.05) is 36.4 Å². The number of ether oxygens (including phenoxy) is 2. The molecule has 1 saturated heterocycles. The van der Waals surface area contributed by atoms with Gasteiger partial charge in [-0.05, 0) is 45.6 Å². The van der Waals surface area contributed by atoms with E-state index < -0.39 is 0 Å². The highest BCUT2D eigenvalue weighted by molar-refractivity contribution is 8.00. The van der Waals surface area contributed by atoms with Crippen LogP contribution in [0, 0.1) is 0 Å². The molecule has 0 saturated carbocycles. The molecule has 1 aliphatic heterocycles. The Morgan fingerprint density at radius 2 is 2.21 bits per heavy atom. The second-order valence-electron chi connectivity index (χ2n) is 8.80. The summed E-state index contributed by atoms with van der Waals surface area (Å²) in [7, 11) is 0. The number of thiophene rings is 1. The number of thioether (sulfide) groups is 1. The predicted octanol–water partition coefficient (Wildman–Crippen LogP) is 4.59. The van der Waals surface area contributed by atoms with E-state index in [0.717, 1.165) is 35.1 Å². The minimum atomic E-state index is -0.339. The third-order valence-electron chi connectivity index (χ3n) is 5.86. The monoisotopic (exact) mass is 503 g/mol. The number of hydrogen-bond donors (Lipinski definition) is 1. The Bertz CT molecular complexity index is 1180. The first-order valence-electron chi connectivity index (χ1n) is 12.1. The molecule has 1 N–H and O–H groups in total. The van der Waals surface area contributed by atoms with Crippen molar-refractivity contribution >= 4 is 49.3 Å². The van der Waals surface area contributed by atoms with Crippen molar-refractivity contribution in [3.05, 3.63) is 34.6 Å². The van der Waals surface area contributed by atoms with Gasteiger partial charge in [0.2, 0.25) is 5.91 Å². The van der Waals surface area contributed by atoms with Crippen molar-refractivity contribution in [3.63, 3.8) is 0 Å². The van der Waals surface area contributed by atoms with Crippen LogP contribution in [0.5, 0.6) is 0 Å². The van der Waals surface area contributed by atoms with Crippen molar-refractivity contribution in [1.29, 1.82) is 0 Å². The smallest absolute Gasteiger partial charge is 0.272 e. The first kappa shape index (κ1) is 25.2. The van der Waals surface area contributed by atoms with E-state index in [4.69, 9.17) is 14.5 Å². The lowest BCUT2D eigenvalue weighted by molar-refractivity contribution is -0.121. The number of fused-ring (bicyclic) bond motifs is 3. The molecule has 0 spiro atoms. The summed E-state index contributed by atoms with van der Waals surface area (Å²) >= 11 is 2.85. The molecule has 7 nitrogen and oxygen atoms in total. The highest BCUT2D eigenvalue weighted by atomic mass is 32.2. The molecule has 1 fully saturated rings. The van der Waals surface area contributed by atoms with E-state index in [1.807, 2.05) is 45.0 Å². The first-order chi connectivity index (χ1) is 16.5. The average Bonchev–Trinajstić information content (AvgIpc) is 3.48. The van der Waals surface area contributed by atoms with Crippen LogP contribution in [-0.2, 0) is 20.8 Å². The van der Waals surface area contributed by atoms with Crippen LogP contribution in [0.4, 0.5) is 0 Å². The van der Waals surface area contributed by atoms with Crippen LogP contribution < -0.4 is 10.9 Å². The Labute approximate surface area is 208 Å². The number of benzene rings is 1. The topological polar surface area (TPSA) is 82.5 Å². The van der Waals surface area contributed by atoms with Crippen LogP contribution in [0.1, 0.15) is 46.5 Å². The molecule has 0 bridgehead atoms. The molecule has 34 heavy (non-hydrogen) atoms. The molecule has 1 amide bonds. The summed E-state index contributed by atoms with van der Waals surface area (Å²) in [6.45, 7) is 8.34. The zero-order valence-corrected chi connectivity index (χ0v) is 21.7. The van der Waals surface area contributed by atoms with Gasteiger partial charge in [-0.1, -0.05) is 36.9 Å². The maximum atomic E-state index is 13.5. The van der Waals surface area contributed by atoms with Crippen LogP contribution in [-0.4, -0.2) is 52.7 Å². The summed E-state index contributed by atoms with van der Waals surface area (Å²) in [4.78, 5) is 31.5. The largest absolute Gasteiger partial charge is 0.379 e. The van der Waals surface area contributed by atoms with Gasteiger partial charge in [-0.3, -0.25) is 14.2 Å². The third-order valence-corrected chi connectivity index (χ3v) is 8.37. The van der Waals surface area contributed by atoms with Gasteiger partial charge in [0.25, 0.3) is 5.56 Å². The normalized spacial score (nSPS) is 17.1. The lowest BCUT2D eigenvalue weighted by atomic mass is 10.2. The van der Waals surface area contributed by atoms with Crippen molar-refractivity contribution in [1.82, 2.24) is 14.9 Å². The number of carbonyl (C=O) groups is 1. The molecular weight excluding hydrogens is 470 g/mol. The zero-order valence-electron chi connectivity index (χ0n) is 20.0. The fourth-order valence-electron chi connectivity index (χ4n) is 4.07. The number of hydrogen-bond acceptors (Lipinski definition) is 7. The molecule has 0 unspecified atom stereocenters. The first-order valence-corrected chi connectivity index (χ1v) is 13.8. The Hall–Kier alpha value is -1.94. The molecule has 2 aromatic heterocycles. The van der Waals surface area contributed by atoms with Gasteiger partial charge < -0.3 is 14.8 Å². The maximum Gasteiger partial charge on any atom is 0.272 e. The van der Waals surface area contributed by atoms with E-state index in [-0.39, 0.29) is 28.9 Å². The van der Waals surface area contributed by atoms with E-state index >= 15 is 0 Å². The SMILES string of the molecule is CC[C@@H](Sc1nc2c(sc3ccccc32)c(=O)n1CCCOC(C)C)C(=O)NC[C@@H]1CCCO1. The van der Waals surface area contributed by atoms with Crippen LogP contribution in [0.15, 0.2) is 34.2 Å². The molecule has 3 aromatic rings. The second-order valence-corrected chi connectivity index (χ2v) is 11.0. The van der Waals surface area contributed by atoms with Crippen molar-refractivity contribution < 1.29 is 14.3 Å². The zero-order chi connectivity index (χ0) is 24.1. The molecular formula is C25H33N3O4S2. The van der Waals surface area contributed by atoms with Crippen molar-refractivity contribution in [2.45, 2.75) is 75.6 Å². The molecule has 4 rings (SSSR count). The molecule has 9 heteroatoms. The van der Waals surface area contributed by atoms with E-state index in [9.17, 15) is 9.59 Å². The van der Waals surface area contributed by atoms with Gasteiger partial charge in [0.05, 0.1) is 23.0 Å². The number of rotatable bonds is 11. The van der Waals surface area contributed by atoms with Gasteiger partial charge in [0.1, 0.15) is 4.70 Å². The van der Waals surface area contributed by atoms with E-state index in [2.05, 4.69) is 5.32 Å². The third kappa shape index (κ3) is 5.82. The summed E-state index contributed by atoms with van der Waals surface area (Å²) in [6, 6.07) is 7.95. The summed E-state index contributed by atoms with van der Waals surface area (Å²) in [5.74, 6) is -0.0396. The lowest BCUT2D eigenvalue weighted by Crippen LogP contribution is -2.37. The Kier molecular flexibility index (Phi) is 8.63. The standard InChI is InChI=1S/C25H33N3O4S2/c1-4-19(23(29)26-15-17-9-7-13-32-17)34-25-27-21-18-10-5-6-11-20(18)33-22(21)24(30)28(25)12-8-14-31-16(2)3/h5-6,10-11,16-17,19H,4,7-9,12-15H2,1-3H3,(H,26,29)/t17-,19+/m0/s1. The number of carbonyl (C=O) groups excluding carboxylic acids is 1. The summed E-state index contributed by atoms with van der Waals surface area (Å²) < 4.78 is 14.7. The van der Waals surface area contributed by atoms with Crippen LogP contribution in [0.3, 0.4) is 0 Å². The molecule has 1 aliphatic rings. The fourth-order valence-corrected chi connectivity index (χ4v) is 6.21. The molecule has 0 aliphatic carbocycles. The van der Waals surface area contributed by atoms with Gasteiger partial charge in [-0.25, -0.2) is 4.98 Å². The van der Waals surface area contributed by atoms with Crippen LogP contribution in [0.2, 0.25) is 0 Å². The van der Waals surface area contributed by atoms with Gasteiger partial charge in [-0.15, -0.1) is 11.3 Å². The number of nitrogens with one attached hydrogen (secondary N) is 1. The quantitative estimate of drug-likeness (QED) is 0.234. The molecule has 184 valence electrons. The second kappa shape index (κ2) is 11.7. The van der Waals surface area contributed by atoms with E-state index in [0.29, 0.717) is 42.4 Å². The van der Waals surface area contributed by atoms with Crippen LogP contribution >= 0.6 is 23.1 Å². The van der Waals surface area contributed by atoms with Crippen molar-refractivity contribution in [2.24, 2.45) is 0 Å². The Morgan fingerprint density at radius 1 is 1.38 bits per heavy atom. The lowest BCUT2D eigenvalue weighted by Gasteiger charge is -2.19. The minimum Gasteiger partial charge on any atom is -0.379 e. The minimum absolute atomic E-state index is 0.0396. The predicted molar refractivity (Wildman–Crippen MR) is 139 cm³/mol.